The molecule has 1 heterocycles. The largest absolute Gasteiger partial charge is 0.463 e. The fraction of sp³-hybridized carbons (Fsp3) is 0.281. The van der Waals surface area contributed by atoms with E-state index in [0.29, 0.717) is 5.56 Å². The molecular weight excluding hydrogens is 602 g/mol. The molecule has 2 amide bonds. The Morgan fingerprint density at radius 2 is 1.76 bits per heavy atom. The highest BCUT2D eigenvalue weighted by Crippen LogP contribution is 2.43. The number of aryl methyl sites for hydroxylation is 2. The van der Waals surface area contributed by atoms with Crippen molar-refractivity contribution in [3.8, 4) is 11.1 Å². The Balaban J connectivity index is 1.57. The first-order chi connectivity index (χ1) is 21.2. The third kappa shape index (κ3) is 6.97. The Kier molecular flexibility index (Phi) is 8.63. The number of carboxylic acid groups (broad SMARTS) is 1. The van der Waals surface area contributed by atoms with Gasteiger partial charge in [0.1, 0.15) is 17.5 Å². The molecule has 0 aliphatic heterocycles. The molecule has 13 heteroatoms. The van der Waals surface area contributed by atoms with Crippen LogP contribution < -0.4 is 10.9 Å². The maximum atomic E-state index is 16.1. The van der Waals surface area contributed by atoms with Gasteiger partial charge in [0.25, 0.3) is 5.91 Å². The van der Waals surface area contributed by atoms with Crippen LogP contribution in [0.25, 0.3) is 11.1 Å². The minimum absolute atomic E-state index is 0.0287. The number of alkyl halides is 3. The number of nitrogens with zero attached hydrogens (tertiary/aromatic N) is 3. The van der Waals surface area contributed by atoms with Crippen LogP contribution in [0.2, 0.25) is 0 Å². The average Bonchev–Trinajstić information content (AvgIpc) is 3.76. The van der Waals surface area contributed by atoms with E-state index in [1.165, 1.54) is 40.7 Å². The van der Waals surface area contributed by atoms with Crippen molar-refractivity contribution in [2.75, 3.05) is 6.54 Å². The van der Waals surface area contributed by atoms with Gasteiger partial charge in [0.15, 0.2) is 0 Å². The van der Waals surface area contributed by atoms with E-state index < -0.39 is 52.1 Å². The van der Waals surface area contributed by atoms with Crippen molar-refractivity contribution in [2.24, 2.45) is 18.0 Å². The molecule has 1 atom stereocenters. The molecule has 1 unspecified atom stereocenters. The maximum Gasteiger partial charge on any atom is 0.434 e. The molecule has 1 saturated carbocycles. The van der Waals surface area contributed by atoms with Crippen molar-refractivity contribution >= 4 is 12.0 Å². The number of imidazole rings is 1. The van der Waals surface area contributed by atoms with E-state index in [9.17, 15) is 36.6 Å². The average molecular weight is 631 g/mol. The summed E-state index contributed by atoms with van der Waals surface area (Å²) >= 11 is 0. The molecule has 1 aliphatic carbocycles. The second-order valence-corrected chi connectivity index (χ2v) is 11.1. The van der Waals surface area contributed by atoms with Crippen molar-refractivity contribution in [2.45, 2.75) is 38.4 Å². The minimum Gasteiger partial charge on any atom is -0.463 e. The van der Waals surface area contributed by atoms with E-state index in [4.69, 9.17) is 0 Å². The molecule has 1 aliphatic rings. The Morgan fingerprint density at radius 3 is 2.40 bits per heavy atom. The Morgan fingerprint density at radius 1 is 1.02 bits per heavy atom. The van der Waals surface area contributed by atoms with E-state index in [1.807, 2.05) is 0 Å². The number of nitrogens with one attached hydrogen (secondary N) is 1. The van der Waals surface area contributed by atoms with Crippen molar-refractivity contribution in [3.63, 3.8) is 0 Å². The van der Waals surface area contributed by atoms with E-state index in [2.05, 4.69) is 10.3 Å². The van der Waals surface area contributed by atoms with E-state index in [0.717, 1.165) is 36.6 Å². The topological polar surface area (TPSA) is 88.6 Å². The van der Waals surface area contributed by atoms with Gasteiger partial charge >= 0.3 is 12.3 Å². The zero-order chi connectivity index (χ0) is 32.6. The van der Waals surface area contributed by atoms with Crippen LogP contribution in [0.5, 0.6) is 0 Å². The van der Waals surface area contributed by atoms with Crippen LogP contribution in [0.4, 0.5) is 31.1 Å². The normalized spacial score (nSPS) is 14.4. The predicted molar refractivity (Wildman–Crippen MR) is 152 cm³/mol. The first-order valence-corrected chi connectivity index (χ1v) is 14.0. The monoisotopic (exact) mass is 630 g/mol. The SMILES string of the molecule is Cc1cc(C(CNC(=O)c2cc(Cn3ccn(C)c3=NC(=O)O)cc(-c3ccc(F)cc3C(F)(F)F)c2F)C2CC2)ccc1F. The third-order valence-corrected chi connectivity index (χ3v) is 7.83. The van der Waals surface area contributed by atoms with Crippen molar-refractivity contribution < 1.29 is 41.0 Å². The third-order valence-electron chi connectivity index (χ3n) is 7.83. The Labute approximate surface area is 253 Å². The van der Waals surface area contributed by atoms with Crippen molar-refractivity contribution in [3.05, 3.63) is 112 Å². The molecular formula is C32H28F6N4O3. The lowest BCUT2D eigenvalue weighted by atomic mass is 9.92. The van der Waals surface area contributed by atoms with Crippen LogP contribution in [-0.4, -0.2) is 32.8 Å². The lowest BCUT2D eigenvalue weighted by Crippen LogP contribution is -2.30. The lowest BCUT2D eigenvalue weighted by Gasteiger charge is -2.20. The van der Waals surface area contributed by atoms with Crippen LogP contribution in [0, 0.1) is 30.3 Å². The number of aromatic nitrogens is 2. The van der Waals surface area contributed by atoms with Gasteiger partial charge in [0.05, 0.1) is 17.7 Å². The molecule has 3 aromatic carbocycles. The summed E-state index contributed by atoms with van der Waals surface area (Å²) < 4.78 is 88.6. The van der Waals surface area contributed by atoms with Gasteiger partial charge in [-0.1, -0.05) is 18.2 Å². The highest BCUT2D eigenvalue weighted by Gasteiger charge is 2.36. The number of rotatable bonds is 8. The Bertz CT molecular complexity index is 1860. The van der Waals surface area contributed by atoms with Gasteiger partial charge < -0.3 is 19.6 Å². The number of hydrogen-bond acceptors (Lipinski definition) is 2. The number of benzene rings is 3. The van der Waals surface area contributed by atoms with Crippen LogP contribution in [0.1, 0.15) is 51.4 Å². The van der Waals surface area contributed by atoms with E-state index in [1.54, 1.807) is 19.1 Å². The summed E-state index contributed by atoms with van der Waals surface area (Å²) in [7, 11) is 1.53. The fourth-order valence-electron chi connectivity index (χ4n) is 5.44. The van der Waals surface area contributed by atoms with Crippen molar-refractivity contribution in [1.29, 1.82) is 0 Å². The summed E-state index contributed by atoms with van der Waals surface area (Å²) in [6.45, 7) is 1.49. The van der Waals surface area contributed by atoms with E-state index in [-0.39, 0.29) is 48.0 Å². The predicted octanol–water partition coefficient (Wildman–Crippen LogP) is 6.79. The minimum atomic E-state index is -5.05. The molecule has 0 spiro atoms. The summed E-state index contributed by atoms with van der Waals surface area (Å²) in [6.07, 6.45) is -1.81. The van der Waals surface area contributed by atoms with Gasteiger partial charge in [0.2, 0.25) is 5.62 Å². The molecule has 0 saturated heterocycles. The molecule has 4 aromatic rings. The summed E-state index contributed by atoms with van der Waals surface area (Å²) in [5.74, 6) is -3.69. The fourth-order valence-corrected chi connectivity index (χ4v) is 5.44. The maximum absolute atomic E-state index is 16.1. The Hall–Kier alpha value is -4.81. The first kappa shape index (κ1) is 31.6. The van der Waals surface area contributed by atoms with Crippen LogP contribution in [0.15, 0.2) is 65.9 Å². The standard InChI is InChI=1S/C32H28F6N4O3/c1-17-11-20(5-8-27(17)34)25(19-3-4-19)15-39-29(43)24-13-18(16-42-10-9-41(2)30(42)40-31(44)45)12-23(28(24)35)22-7-6-21(33)14-26(22)32(36,37)38/h5-14,19,25H,3-4,15-16H2,1-2H3,(H,39,43)(H,44,45). The van der Waals surface area contributed by atoms with Gasteiger partial charge in [-0.15, -0.1) is 4.99 Å². The molecule has 5 rings (SSSR count). The molecule has 1 aromatic heterocycles. The van der Waals surface area contributed by atoms with Crippen molar-refractivity contribution in [1.82, 2.24) is 14.5 Å². The number of amides is 2. The zero-order valence-electron chi connectivity index (χ0n) is 24.1. The van der Waals surface area contributed by atoms with Gasteiger partial charge in [-0.3, -0.25) is 4.79 Å². The number of carbonyl (C=O) groups is 2. The molecule has 7 nitrogen and oxygen atoms in total. The lowest BCUT2D eigenvalue weighted by molar-refractivity contribution is -0.137. The van der Waals surface area contributed by atoms with Gasteiger partial charge in [-0.2, -0.15) is 13.2 Å². The van der Waals surface area contributed by atoms with Gasteiger partial charge in [0, 0.05) is 37.5 Å². The highest BCUT2D eigenvalue weighted by atomic mass is 19.4. The number of halogens is 6. The second kappa shape index (κ2) is 12.3. The highest BCUT2D eigenvalue weighted by molar-refractivity contribution is 5.96. The van der Waals surface area contributed by atoms with Gasteiger partial charge in [-0.25, -0.2) is 18.0 Å². The van der Waals surface area contributed by atoms with E-state index >= 15 is 4.39 Å². The summed E-state index contributed by atoms with van der Waals surface area (Å²) in [6, 6.07) is 8.73. The first-order valence-electron chi connectivity index (χ1n) is 14.0. The summed E-state index contributed by atoms with van der Waals surface area (Å²) in [5.41, 5.74) is -1.91. The zero-order valence-corrected chi connectivity index (χ0v) is 24.1. The smallest absolute Gasteiger partial charge is 0.434 e. The molecule has 45 heavy (non-hydrogen) atoms. The molecule has 1 fully saturated rings. The summed E-state index contributed by atoms with van der Waals surface area (Å²) in [5, 5.41) is 11.9. The van der Waals surface area contributed by atoms with Crippen LogP contribution in [-0.2, 0) is 19.8 Å². The molecule has 0 radical (unpaired) electrons. The molecule has 236 valence electrons. The van der Waals surface area contributed by atoms with Crippen LogP contribution >= 0.6 is 0 Å². The number of carbonyl (C=O) groups excluding carboxylic acids is 1. The number of hydrogen-bond donors (Lipinski definition) is 2. The second-order valence-electron chi connectivity index (χ2n) is 11.1. The molecule has 2 N–H and O–H groups in total. The molecule has 0 bridgehead atoms. The quantitative estimate of drug-likeness (QED) is 0.210. The summed E-state index contributed by atoms with van der Waals surface area (Å²) in [4.78, 5) is 28.3. The van der Waals surface area contributed by atoms with Gasteiger partial charge in [-0.05, 0) is 78.3 Å². The van der Waals surface area contributed by atoms with Crippen LogP contribution in [0.3, 0.4) is 0 Å².